The van der Waals surface area contributed by atoms with Crippen molar-refractivity contribution in [1.29, 1.82) is 0 Å². The number of fused-ring (bicyclic) bond motifs is 4. The Balaban J connectivity index is 1.06. The number of hydrogen-bond donors (Lipinski definition) is 1. The van der Waals surface area contributed by atoms with Gasteiger partial charge >= 0.3 is 0 Å². The number of benzene rings is 3. The molecule has 1 N–H and O–H groups in total. The van der Waals surface area contributed by atoms with Crippen molar-refractivity contribution in [3.05, 3.63) is 89.2 Å². The Labute approximate surface area is 226 Å². The molecule has 0 spiro atoms. The van der Waals surface area contributed by atoms with Gasteiger partial charge in [-0.15, -0.1) is 0 Å². The molecule has 3 aromatic carbocycles. The zero-order valence-electron chi connectivity index (χ0n) is 22.7. The fraction of sp³-hybridized carbons (Fsp3) is 0.375. The zero-order chi connectivity index (χ0) is 25.9. The molecule has 1 aliphatic carbocycles. The Morgan fingerprint density at radius 3 is 2.37 bits per heavy atom. The van der Waals surface area contributed by atoms with E-state index in [1.165, 1.54) is 27.8 Å². The molecule has 6 heteroatoms. The fourth-order valence-corrected chi connectivity index (χ4v) is 5.79. The van der Waals surface area contributed by atoms with Crippen LogP contribution in [0.15, 0.2) is 66.7 Å². The summed E-state index contributed by atoms with van der Waals surface area (Å²) >= 11 is 0. The molecule has 0 atom stereocenters. The standard InChI is InChI=1S/C32H38N6/c1-36(2)15-7-14-33-32-29-10-5-6-11-30(29)34-31(35-32)23-38-18-16-37(17-19-38)22-24-12-13-28-26(20-24)21-25-8-3-4-9-27(25)28/h3-6,8-13,20H,7,14-19,21-23H2,1-2H3,(H,33,34,35). The predicted octanol–water partition coefficient (Wildman–Crippen LogP) is 4.88. The van der Waals surface area contributed by atoms with E-state index in [0.717, 1.165) is 87.7 Å². The minimum atomic E-state index is 0.794. The van der Waals surface area contributed by atoms with Gasteiger partial charge in [0.1, 0.15) is 11.6 Å². The second-order valence-electron chi connectivity index (χ2n) is 11.0. The number of nitrogens with zero attached hydrogens (tertiary/aromatic N) is 5. The highest BCUT2D eigenvalue weighted by atomic mass is 15.3. The molecular formula is C32H38N6. The third-order valence-electron chi connectivity index (χ3n) is 7.82. The van der Waals surface area contributed by atoms with Crippen LogP contribution >= 0.6 is 0 Å². The van der Waals surface area contributed by atoms with E-state index in [1.807, 2.05) is 0 Å². The first-order valence-electron chi connectivity index (χ1n) is 13.9. The summed E-state index contributed by atoms with van der Waals surface area (Å²) in [6, 6.07) is 24.2. The molecule has 0 radical (unpaired) electrons. The molecule has 1 saturated heterocycles. The molecule has 1 aliphatic heterocycles. The van der Waals surface area contributed by atoms with E-state index in [4.69, 9.17) is 9.97 Å². The van der Waals surface area contributed by atoms with Crippen molar-refractivity contribution in [2.45, 2.75) is 25.9 Å². The van der Waals surface area contributed by atoms with Gasteiger partial charge < -0.3 is 10.2 Å². The van der Waals surface area contributed by atoms with Gasteiger partial charge in [0.15, 0.2) is 0 Å². The summed E-state index contributed by atoms with van der Waals surface area (Å²) < 4.78 is 0. The molecule has 1 fully saturated rings. The quantitative estimate of drug-likeness (QED) is 0.288. The number of hydrogen-bond acceptors (Lipinski definition) is 6. The van der Waals surface area contributed by atoms with E-state index in [2.05, 4.69) is 101 Å². The first-order chi connectivity index (χ1) is 18.6. The SMILES string of the molecule is CN(C)CCCNc1nc(CN2CCN(Cc3ccc4c(c3)Cc3ccccc3-4)CC2)nc2ccccc12. The Bertz CT molecular complexity index is 1410. The first-order valence-corrected chi connectivity index (χ1v) is 13.9. The number of nitrogens with one attached hydrogen (secondary N) is 1. The van der Waals surface area contributed by atoms with Crippen LogP contribution in [-0.2, 0) is 19.5 Å². The van der Waals surface area contributed by atoms with Crippen LogP contribution in [0.5, 0.6) is 0 Å². The Morgan fingerprint density at radius 2 is 1.53 bits per heavy atom. The van der Waals surface area contributed by atoms with Crippen LogP contribution in [0.1, 0.15) is 28.9 Å². The predicted molar refractivity (Wildman–Crippen MR) is 156 cm³/mol. The maximum Gasteiger partial charge on any atom is 0.145 e. The molecule has 196 valence electrons. The van der Waals surface area contributed by atoms with E-state index >= 15 is 0 Å². The van der Waals surface area contributed by atoms with Gasteiger partial charge in [-0.25, -0.2) is 9.97 Å². The number of para-hydroxylation sites is 1. The highest BCUT2D eigenvalue weighted by Gasteiger charge is 2.21. The average Bonchev–Trinajstić information content (AvgIpc) is 3.30. The average molecular weight is 507 g/mol. The van der Waals surface area contributed by atoms with Gasteiger partial charge in [0.2, 0.25) is 0 Å². The summed E-state index contributed by atoms with van der Waals surface area (Å²) in [7, 11) is 4.23. The lowest BCUT2D eigenvalue weighted by atomic mass is 10.0. The van der Waals surface area contributed by atoms with Crippen LogP contribution in [0.3, 0.4) is 0 Å². The minimum absolute atomic E-state index is 0.794. The fourth-order valence-electron chi connectivity index (χ4n) is 5.79. The lowest BCUT2D eigenvalue weighted by Gasteiger charge is -2.34. The Kier molecular flexibility index (Phi) is 7.36. The molecule has 4 aromatic rings. The van der Waals surface area contributed by atoms with Gasteiger partial charge in [-0.1, -0.05) is 54.6 Å². The van der Waals surface area contributed by atoms with Crippen molar-refractivity contribution in [1.82, 2.24) is 24.7 Å². The summed E-state index contributed by atoms with van der Waals surface area (Å²) in [4.78, 5) is 17.2. The molecule has 0 saturated carbocycles. The van der Waals surface area contributed by atoms with Gasteiger partial charge in [0.25, 0.3) is 0 Å². The molecule has 0 amide bonds. The molecule has 6 nitrogen and oxygen atoms in total. The van der Waals surface area contributed by atoms with Crippen LogP contribution < -0.4 is 5.32 Å². The van der Waals surface area contributed by atoms with Crippen LogP contribution in [0.2, 0.25) is 0 Å². The Morgan fingerprint density at radius 1 is 0.789 bits per heavy atom. The number of piperazine rings is 1. The largest absolute Gasteiger partial charge is 0.369 e. The molecule has 2 aliphatic rings. The van der Waals surface area contributed by atoms with E-state index < -0.39 is 0 Å². The summed E-state index contributed by atoms with van der Waals surface area (Å²) in [5.41, 5.74) is 8.19. The zero-order valence-corrected chi connectivity index (χ0v) is 22.7. The topological polar surface area (TPSA) is 47.5 Å². The molecular weight excluding hydrogens is 468 g/mol. The van der Waals surface area contributed by atoms with Gasteiger partial charge in [-0.3, -0.25) is 9.80 Å². The van der Waals surface area contributed by atoms with Crippen LogP contribution in [0.4, 0.5) is 5.82 Å². The van der Waals surface area contributed by atoms with Crippen LogP contribution in [-0.4, -0.2) is 78.0 Å². The smallest absolute Gasteiger partial charge is 0.145 e. The molecule has 2 heterocycles. The van der Waals surface area contributed by atoms with E-state index in [9.17, 15) is 0 Å². The first kappa shape index (κ1) is 25.0. The summed E-state index contributed by atoms with van der Waals surface area (Å²) in [5, 5.41) is 4.67. The monoisotopic (exact) mass is 506 g/mol. The van der Waals surface area contributed by atoms with Gasteiger partial charge in [0, 0.05) is 44.7 Å². The molecule has 0 bridgehead atoms. The molecule has 0 unspecified atom stereocenters. The van der Waals surface area contributed by atoms with E-state index in [-0.39, 0.29) is 0 Å². The summed E-state index contributed by atoms with van der Waals surface area (Å²) in [6.07, 6.45) is 2.14. The summed E-state index contributed by atoms with van der Waals surface area (Å²) in [5.74, 6) is 1.87. The summed E-state index contributed by atoms with van der Waals surface area (Å²) in [6.45, 7) is 8.00. The lowest BCUT2D eigenvalue weighted by molar-refractivity contribution is 0.120. The highest BCUT2D eigenvalue weighted by molar-refractivity contribution is 5.89. The van der Waals surface area contributed by atoms with Crippen molar-refractivity contribution < 1.29 is 0 Å². The van der Waals surface area contributed by atoms with Crippen LogP contribution in [0, 0.1) is 0 Å². The third-order valence-corrected chi connectivity index (χ3v) is 7.82. The van der Waals surface area contributed by atoms with Crippen molar-refractivity contribution in [3.63, 3.8) is 0 Å². The number of rotatable bonds is 9. The minimum Gasteiger partial charge on any atom is -0.369 e. The van der Waals surface area contributed by atoms with Crippen molar-refractivity contribution in [2.24, 2.45) is 0 Å². The third kappa shape index (κ3) is 5.58. The second-order valence-corrected chi connectivity index (χ2v) is 11.0. The molecule has 1 aromatic heterocycles. The van der Waals surface area contributed by atoms with Crippen molar-refractivity contribution in [2.75, 3.05) is 58.7 Å². The molecule has 38 heavy (non-hydrogen) atoms. The lowest BCUT2D eigenvalue weighted by Crippen LogP contribution is -2.45. The van der Waals surface area contributed by atoms with Crippen molar-refractivity contribution >= 4 is 16.7 Å². The number of aromatic nitrogens is 2. The van der Waals surface area contributed by atoms with E-state index in [0.29, 0.717) is 0 Å². The maximum absolute atomic E-state index is 4.96. The highest BCUT2D eigenvalue weighted by Crippen LogP contribution is 2.36. The second kappa shape index (κ2) is 11.2. The van der Waals surface area contributed by atoms with Gasteiger partial charge in [0.05, 0.1) is 12.1 Å². The maximum atomic E-state index is 4.96. The van der Waals surface area contributed by atoms with Crippen molar-refractivity contribution in [3.8, 4) is 11.1 Å². The van der Waals surface area contributed by atoms with Gasteiger partial charge in [-0.05, 0) is 73.4 Å². The van der Waals surface area contributed by atoms with Gasteiger partial charge in [-0.2, -0.15) is 0 Å². The van der Waals surface area contributed by atoms with E-state index in [1.54, 1.807) is 0 Å². The normalized spacial score (nSPS) is 15.7. The Hall–Kier alpha value is -3.32. The number of anilines is 1. The van der Waals surface area contributed by atoms with Crippen LogP contribution in [0.25, 0.3) is 22.0 Å². The molecule has 6 rings (SSSR count).